The van der Waals surface area contributed by atoms with E-state index < -0.39 is 24.5 Å². The van der Waals surface area contributed by atoms with Crippen LogP contribution in [0, 0.1) is 29.1 Å². The third-order valence-corrected chi connectivity index (χ3v) is 6.57. The predicted octanol–water partition coefficient (Wildman–Crippen LogP) is 3.45. The lowest BCUT2D eigenvalue weighted by Gasteiger charge is -2.35. The smallest absolute Gasteiger partial charge is 0.348 e. The molecule has 2 N–H and O–H groups in total. The van der Waals surface area contributed by atoms with Crippen LogP contribution in [0.5, 0.6) is 0 Å². The summed E-state index contributed by atoms with van der Waals surface area (Å²) in [6.07, 6.45) is 3.14. The maximum Gasteiger partial charge on any atom is 0.348 e. The molecule has 2 rings (SSSR count). The van der Waals surface area contributed by atoms with Crippen LogP contribution in [0.25, 0.3) is 0 Å². The number of rotatable bonds is 6. The highest BCUT2D eigenvalue weighted by molar-refractivity contribution is 7.15. The normalized spacial score (nSPS) is 19.5. The van der Waals surface area contributed by atoms with E-state index in [9.17, 15) is 24.6 Å². The van der Waals surface area contributed by atoms with Crippen LogP contribution in [0.1, 0.15) is 67.9 Å². The number of carboxylic acid groups (broad SMARTS) is 1. The zero-order chi connectivity index (χ0) is 24.2. The SMILES string of the molecule is CC1CCC(C(=O)N(c2cc(C#CC(C)(C)C)sc2C(=O)O)[C@@H](CO)C(=O)N(C)C)CC1. The topological polar surface area (TPSA) is 98.1 Å². The number of amides is 2. The zero-order valence-electron chi connectivity index (χ0n) is 19.8. The number of nitrogens with zero attached hydrogens (tertiary/aromatic N) is 2. The largest absolute Gasteiger partial charge is 0.477 e. The lowest BCUT2D eigenvalue weighted by atomic mass is 9.82. The molecule has 0 aliphatic heterocycles. The molecule has 1 fully saturated rings. The predicted molar refractivity (Wildman–Crippen MR) is 126 cm³/mol. The summed E-state index contributed by atoms with van der Waals surface area (Å²) in [4.78, 5) is 41.5. The number of aliphatic hydroxyl groups excluding tert-OH is 1. The fraction of sp³-hybridized carbons (Fsp3) is 0.625. The molecule has 8 heteroatoms. The monoisotopic (exact) mass is 462 g/mol. The summed E-state index contributed by atoms with van der Waals surface area (Å²) in [6, 6.07) is 0.356. The van der Waals surface area contributed by atoms with Crippen molar-refractivity contribution in [2.75, 3.05) is 25.6 Å². The van der Waals surface area contributed by atoms with E-state index in [-0.39, 0.29) is 27.8 Å². The Bertz CT molecular complexity index is 911. The van der Waals surface area contributed by atoms with Gasteiger partial charge in [-0.05, 0) is 58.4 Å². The molecule has 0 unspecified atom stereocenters. The highest BCUT2D eigenvalue weighted by Gasteiger charge is 2.39. The van der Waals surface area contributed by atoms with Gasteiger partial charge in [-0.25, -0.2) is 4.79 Å². The molecule has 1 aromatic rings. The molecule has 1 aliphatic rings. The Labute approximate surface area is 194 Å². The van der Waals surface area contributed by atoms with Gasteiger partial charge in [0.1, 0.15) is 10.9 Å². The van der Waals surface area contributed by atoms with Gasteiger partial charge in [0.15, 0.2) is 0 Å². The Balaban J connectivity index is 2.61. The van der Waals surface area contributed by atoms with Crippen LogP contribution in [-0.2, 0) is 9.59 Å². The maximum atomic E-state index is 13.7. The molecule has 1 aromatic heterocycles. The molecule has 2 amide bonds. The Morgan fingerprint density at radius 3 is 2.25 bits per heavy atom. The third-order valence-electron chi connectivity index (χ3n) is 5.54. The molecule has 0 radical (unpaired) electrons. The van der Waals surface area contributed by atoms with E-state index in [1.165, 1.54) is 9.80 Å². The van der Waals surface area contributed by atoms with Crippen molar-refractivity contribution >= 4 is 34.8 Å². The third kappa shape index (κ3) is 6.33. The highest BCUT2D eigenvalue weighted by atomic mass is 32.1. The number of aliphatic hydroxyl groups is 1. The second-order valence-corrected chi connectivity index (χ2v) is 10.8. The van der Waals surface area contributed by atoms with Crippen molar-refractivity contribution in [1.29, 1.82) is 0 Å². The van der Waals surface area contributed by atoms with Crippen molar-refractivity contribution in [3.8, 4) is 11.8 Å². The summed E-state index contributed by atoms with van der Waals surface area (Å²) in [6.45, 7) is 7.38. The van der Waals surface area contributed by atoms with Gasteiger partial charge in [0.2, 0.25) is 11.8 Å². The highest BCUT2D eigenvalue weighted by Crippen LogP contribution is 2.36. The maximum absolute atomic E-state index is 13.7. The fourth-order valence-corrected chi connectivity index (χ4v) is 4.58. The molecular weight excluding hydrogens is 428 g/mol. The van der Waals surface area contributed by atoms with Crippen LogP contribution >= 0.6 is 11.3 Å². The molecule has 1 saturated carbocycles. The van der Waals surface area contributed by atoms with Crippen molar-refractivity contribution in [2.45, 2.75) is 59.4 Å². The van der Waals surface area contributed by atoms with E-state index in [1.807, 2.05) is 20.8 Å². The minimum atomic E-state index is -1.20. The van der Waals surface area contributed by atoms with Gasteiger partial charge < -0.3 is 15.1 Å². The number of carbonyl (C=O) groups is 3. The van der Waals surface area contributed by atoms with E-state index in [1.54, 1.807) is 20.2 Å². The Morgan fingerprint density at radius 1 is 1.19 bits per heavy atom. The lowest BCUT2D eigenvalue weighted by Crippen LogP contribution is -2.53. The second kappa shape index (κ2) is 10.5. The van der Waals surface area contributed by atoms with E-state index in [0.29, 0.717) is 23.6 Å². The van der Waals surface area contributed by atoms with Gasteiger partial charge in [0, 0.05) is 25.4 Å². The van der Waals surface area contributed by atoms with Gasteiger partial charge >= 0.3 is 5.97 Å². The molecule has 0 bridgehead atoms. The molecule has 0 saturated heterocycles. The van der Waals surface area contributed by atoms with Crippen LogP contribution < -0.4 is 4.90 Å². The molecule has 176 valence electrons. The molecule has 1 aliphatic carbocycles. The Hall–Kier alpha value is -2.37. The number of carbonyl (C=O) groups excluding carboxylic acids is 2. The van der Waals surface area contributed by atoms with E-state index in [2.05, 4.69) is 18.8 Å². The number of anilines is 1. The van der Waals surface area contributed by atoms with Crippen LogP contribution in [0.4, 0.5) is 5.69 Å². The number of carboxylic acids is 1. The molecular formula is C24H34N2O5S. The van der Waals surface area contributed by atoms with E-state index in [4.69, 9.17) is 0 Å². The molecule has 1 heterocycles. The standard InChI is InChI=1S/C24H34N2O5S/c1-15-7-9-16(10-8-15)21(28)26(19(14-27)22(29)25(5)6)18-13-17(11-12-24(2,3)4)32-20(18)23(30)31/h13,15-16,19,27H,7-10,14H2,1-6H3,(H,30,31)/t15?,16?,19-/m0/s1. The summed E-state index contributed by atoms with van der Waals surface area (Å²) in [7, 11) is 3.09. The van der Waals surface area contributed by atoms with Gasteiger partial charge in [0.25, 0.3) is 0 Å². The average Bonchev–Trinajstić information content (AvgIpc) is 3.13. The number of hydrogen-bond acceptors (Lipinski definition) is 5. The van der Waals surface area contributed by atoms with Crippen molar-refractivity contribution in [3.63, 3.8) is 0 Å². The van der Waals surface area contributed by atoms with Gasteiger partial charge in [-0.3, -0.25) is 14.5 Å². The summed E-state index contributed by atoms with van der Waals surface area (Å²) in [5.41, 5.74) is -0.158. The Kier molecular flexibility index (Phi) is 8.49. The first kappa shape index (κ1) is 25.9. The van der Waals surface area contributed by atoms with Crippen LogP contribution in [-0.4, -0.2) is 59.6 Å². The molecule has 0 aromatic carbocycles. The minimum absolute atomic E-state index is 0.0641. The van der Waals surface area contributed by atoms with Gasteiger partial charge in [-0.2, -0.15) is 0 Å². The van der Waals surface area contributed by atoms with Crippen LogP contribution in [0.2, 0.25) is 0 Å². The summed E-state index contributed by atoms with van der Waals surface area (Å²) in [5.74, 6) is 4.31. The van der Waals surface area contributed by atoms with Gasteiger partial charge in [0.05, 0.1) is 17.2 Å². The quantitative estimate of drug-likeness (QED) is 0.631. The number of hydrogen-bond donors (Lipinski definition) is 2. The lowest BCUT2D eigenvalue weighted by molar-refractivity contribution is -0.134. The first-order chi connectivity index (χ1) is 14.9. The van der Waals surface area contributed by atoms with Crippen molar-refractivity contribution < 1.29 is 24.6 Å². The van der Waals surface area contributed by atoms with Gasteiger partial charge in [-0.15, -0.1) is 11.3 Å². The van der Waals surface area contributed by atoms with Crippen molar-refractivity contribution in [3.05, 3.63) is 15.8 Å². The molecule has 0 spiro atoms. The van der Waals surface area contributed by atoms with Crippen molar-refractivity contribution in [2.24, 2.45) is 17.3 Å². The molecule has 7 nitrogen and oxygen atoms in total. The van der Waals surface area contributed by atoms with E-state index in [0.717, 1.165) is 24.2 Å². The first-order valence-electron chi connectivity index (χ1n) is 10.9. The van der Waals surface area contributed by atoms with E-state index >= 15 is 0 Å². The molecule has 1 atom stereocenters. The first-order valence-corrected chi connectivity index (χ1v) is 11.7. The van der Waals surface area contributed by atoms with Gasteiger partial charge in [-0.1, -0.05) is 18.8 Å². The van der Waals surface area contributed by atoms with Crippen molar-refractivity contribution in [1.82, 2.24) is 4.90 Å². The fourth-order valence-electron chi connectivity index (χ4n) is 3.74. The Morgan fingerprint density at radius 2 is 1.78 bits per heavy atom. The summed E-state index contributed by atoms with van der Waals surface area (Å²) < 4.78 is 0. The average molecular weight is 463 g/mol. The minimum Gasteiger partial charge on any atom is -0.477 e. The molecule has 32 heavy (non-hydrogen) atoms. The van der Waals surface area contributed by atoms with Crippen LogP contribution in [0.15, 0.2) is 6.07 Å². The zero-order valence-corrected chi connectivity index (χ0v) is 20.6. The number of aromatic carboxylic acids is 1. The number of likely N-dealkylation sites (N-methyl/N-ethyl adjacent to an activating group) is 1. The summed E-state index contributed by atoms with van der Waals surface area (Å²) in [5, 5.41) is 20.0. The summed E-state index contributed by atoms with van der Waals surface area (Å²) >= 11 is 0.976. The second-order valence-electron chi connectivity index (χ2n) is 9.73. The number of thiophene rings is 1. The van der Waals surface area contributed by atoms with Crippen LogP contribution in [0.3, 0.4) is 0 Å².